The van der Waals surface area contributed by atoms with Crippen LogP contribution < -0.4 is 0 Å². The third-order valence-electron chi connectivity index (χ3n) is 3.87. The highest BCUT2D eigenvalue weighted by atomic mass is 16.3. The smallest absolute Gasteiger partial charge is 0.121 e. The lowest BCUT2D eigenvalue weighted by molar-refractivity contribution is 0.462. The van der Waals surface area contributed by atoms with Gasteiger partial charge in [-0.2, -0.15) is 0 Å². The van der Waals surface area contributed by atoms with Crippen molar-refractivity contribution in [2.45, 2.75) is 47.5 Å². The zero-order valence-electron chi connectivity index (χ0n) is 13.7. The van der Waals surface area contributed by atoms with Crippen molar-refractivity contribution in [2.75, 3.05) is 0 Å². The number of phenolic OH excluding ortho intramolecular Hbond substituents is 2. The van der Waals surface area contributed by atoms with Gasteiger partial charge in [0.25, 0.3) is 0 Å². The standard InChI is InChI=1S/C10H14O.C9H12O/c1-3-8-6-5-7-9(4-2)10(8)11;1-6-4-5-7(2)9(10)8(6)3/h5-7,11H,3-4H2,1-2H3;4-5,10H,1-3H3. The van der Waals surface area contributed by atoms with Gasteiger partial charge in [0.05, 0.1) is 0 Å². The van der Waals surface area contributed by atoms with Crippen molar-refractivity contribution in [2.24, 2.45) is 0 Å². The second-order valence-corrected chi connectivity index (χ2v) is 5.30. The van der Waals surface area contributed by atoms with Crippen LogP contribution in [0.1, 0.15) is 41.7 Å². The first kappa shape index (κ1) is 17.1. The number of rotatable bonds is 2. The maximum Gasteiger partial charge on any atom is 0.121 e. The summed E-state index contributed by atoms with van der Waals surface area (Å²) in [6.45, 7) is 9.93. The summed E-state index contributed by atoms with van der Waals surface area (Å²) < 4.78 is 0. The SMILES string of the molecule is CCc1cccc(CC)c1O.Cc1ccc(C)c(O)c1C. The quantitative estimate of drug-likeness (QED) is 0.829. The Labute approximate surface area is 128 Å². The van der Waals surface area contributed by atoms with E-state index < -0.39 is 0 Å². The number of para-hydroxylation sites is 1. The third kappa shape index (κ3) is 4.25. The molecule has 0 bridgehead atoms. The summed E-state index contributed by atoms with van der Waals surface area (Å²) in [5.41, 5.74) is 5.17. The lowest BCUT2D eigenvalue weighted by Crippen LogP contribution is -1.86. The molecule has 0 fully saturated rings. The van der Waals surface area contributed by atoms with Crippen LogP contribution in [0, 0.1) is 20.8 Å². The fraction of sp³-hybridized carbons (Fsp3) is 0.368. The van der Waals surface area contributed by atoms with Gasteiger partial charge in [-0.05, 0) is 61.4 Å². The van der Waals surface area contributed by atoms with Crippen molar-refractivity contribution in [1.29, 1.82) is 0 Å². The molecule has 0 aromatic heterocycles. The Morgan fingerprint density at radius 2 is 1.19 bits per heavy atom. The van der Waals surface area contributed by atoms with Crippen LogP contribution in [-0.2, 0) is 12.8 Å². The van der Waals surface area contributed by atoms with E-state index in [4.69, 9.17) is 0 Å². The molecule has 0 aliphatic rings. The molecule has 2 N–H and O–H groups in total. The third-order valence-corrected chi connectivity index (χ3v) is 3.87. The van der Waals surface area contributed by atoms with E-state index in [1.807, 2.05) is 51.1 Å². The molecular formula is C19H26O2. The Bertz CT molecular complexity index is 552. The van der Waals surface area contributed by atoms with Crippen molar-refractivity contribution < 1.29 is 10.2 Å². The Kier molecular flexibility index (Phi) is 6.29. The van der Waals surface area contributed by atoms with Gasteiger partial charge in [0, 0.05) is 0 Å². The zero-order chi connectivity index (χ0) is 16.0. The topological polar surface area (TPSA) is 40.5 Å². The van der Waals surface area contributed by atoms with Gasteiger partial charge in [-0.25, -0.2) is 0 Å². The van der Waals surface area contributed by atoms with Crippen LogP contribution in [0.3, 0.4) is 0 Å². The summed E-state index contributed by atoms with van der Waals surface area (Å²) in [4.78, 5) is 0. The van der Waals surface area contributed by atoms with Gasteiger partial charge in [-0.1, -0.05) is 44.2 Å². The molecule has 2 nitrogen and oxygen atoms in total. The molecule has 0 saturated heterocycles. The van der Waals surface area contributed by atoms with E-state index in [0.717, 1.165) is 40.7 Å². The van der Waals surface area contributed by atoms with E-state index >= 15 is 0 Å². The largest absolute Gasteiger partial charge is 0.507 e. The van der Waals surface area contributed by atoms with Crippen LogP contribution in [-0.4, -0.2) is 10.2 Å². The Morgan fingerprint density at radius 1 is 0.714 bits per heavy atom. The monoisotopic (exact) mass is 286 g/mol. The molecule has 2 aromatic rings. The minimum absolute atomic E-state index is 0.431. The lowest BCUT2D eigenvalue weighted by atomic mass is 10.1. The molecule has 0 aliphatic heterocycles. The zero-order valence-corrected chi connectivity index (χ0v) is 13.7. The molecule has 21 heavy (non-hydrogen) atoms. The highest BCUT2D eigenvalue weighted by molar-refractivity contribution is 5.43. The Morgan fingerprint density at radius 3 is 1.62 bits per heavy atom. The summed E-state index contributed by atoms with van der Waals surface area (Å²) in [6, 6.07) is 9.88. The molecule has 0 atom stereocenters. The number of benzene rings is 2. The van der Waals surface area contributed by atoms with Gasteiger partial charge in [0.15, 0.2) is 0 Å². The Balaban J connectivity index is 0.000000211. The first-order valence-corrected chi connectivity index (χ1v) is 7.47. The summed E-state index contributed by atoms with van der Waals surface area (Å²) in [5.74, 6) is 0.914. The molecule has 2 aromatic carbocycles. The highest BCUT2D eigenvalue weighted by Gasteiger charge is 2.02. The second-order valence-electron chi connectivity index (χ2n) is 5.30. The molecule has 0 heterocycles. The van der Waals surface area contributed by atoms with E-state index in [1.165, 1.54) is 0 Å². The number of aryl methyl sites for hydroxylation is 4. The van der Waals surface area contributed by atoms with E-state index in [0.29, 0.717) is 11.5 Å². The van der Waals surface area contributed by atoms with E-state index in [9.17, 15) is 10.2 Å². The molecule has 0 radical (unpaired) electrons. The number of hydrogen-bond acceptors (Lipinski definition) is 2. The number of aromatic hydroxyl groups is 2. The summed E-state index contributed by atoms with van der Waals surface area (Å²) in [5, 5.41) is 19.0. The summed E-state index contributed by atoms with van der Waals surface area (Å²) >= 11 is 0. The molecule has 2 rings (SSSR count). The van der Waals surface area contributed by atoms with Gasteiger partial charge in [-0.15, -0.1) is 0 Å². The van der Waals surface area contributed by atoms with Crippen molar-refractivity contribution in [3.63, 3.8) is 0 Å². The molecule has 2 heteroatoms. The average Bonchev–Trinajstić information content (AvgIpc) is 2.50. The van der Waals surface area contributed by atoms with E-state index in [1.54, 1.807) is 0 Å². The van der Waals surface area contributed by atoms with Gasteiger partial charge >= 0.3 is 0 Å². The van der Waals surface area contributed by atoms with Crippen LogP contribution in [0.5, 0.6) is 11.5 Å². The van der Waals surface area contributed by atoms with E-state index in [2.05, 4.69) is 13.8 Å². The molecule has 0 unspecified atom stereocenters. The number of hydrogen-bond donors (Lipinski definition) is 2. The van der Waals surface area contributed by atoms with Crippen molar-refractivity contribution in [3.8, 4) is 11.5 Å². The minimum atomic E-state index is 0.431. The fourth-order valence-electron chi connectivity index (χ4n) is 2.15. The van der Waals surface area contributed by atoms with Crippen LogP contribution in [0.25, 0.3) is 0 Å². The van der Waals surface area contributed by atoms with Crippen LogP contribution in [0.4, 0.5) is 0 Å². The van der Waals surface area contributed by atoms with E-state index in [-0.39, 0.29) is 0 Å². The Hall–Kier alpha value is -1.96. The van der Waals surface area contributed by atoms with Gasteiger partial charge in [0.2, 0.25) is 0 Å². The maximum atomic E-state index is 9.59. The molecule has 0 aliphatic carbocycles. The summed E-state index contributed by atoms with van der Waals surface area (Å²) in [6.07, 6.45) is 1.80. The second kappa shape index (κ2) is 7.72. The van der Waals surface area contributed by atoms with Crippen molar-refractivity contribution in [1.82, 2.24) is 0 Å². The lowest BCUT2D eigenvalue weighted by Gasteiger charge is -2.05. The number of phenols is 2. The summed E-state index contributed by atoms with van der Waals surface area (Å²) in [7, 11) is 0. The minimum Gasteiger partial charge on any atom is -0.507 e. The molecule has 114 valence electrons. The fourth-order valence-corrected chi connectivity index (χ4v) is 2.15. The van der Waals surface area contributed by atoms with Gasteiger partial charge in [0.1, 0.15) is 11.5 Å². The van der Waals surface area contributed by atoms with Gasteiger partial charge in [-0.3, -0.25) is 0 Å². The van der Waals surface area contributed by atoms with Crippen molar-refractivity contribution in [3.05, 3.63) is 58.1 Å². The highest BCUT2D eigenvalue weighted by Crippen LogP contribution is 2.23. The first-order valence-electron chi connectivity index (χ1n) is 7.47. The predicted octanol–water partition coefficient (Wildman–Crippen LogP) is 4.83. The average molecular weight is 286 g/mol. The molecular weight excluding hydrogens is 260 g/mol. The molecule has 0 amide bonds. The first-order chi connectivity index (χ1) is 9.92. The molecule has 0 saturated carbocycles. The maximum absolute atomic E-state index is 9.59. The molecule has 0 spiro atoms. The van der Waals surface area contributed by atoms with Gasteiger partial charge < -0.3 is 10.2 Å². The normalized spacial score (nSPS) is 9.95. The van der Waals surface area contributed by atoms with Crippen LogP contribution in [0.15, 0.2) is 30.3 Å². The van der Waals surface area contributed by atoms with Crippen molar-refractivity contribution >= 4 is 0 Å². The van der Waals surface area contributed by atoms with Crippen LogP contribution in [0.2, 0.25) is 0 Å². The predicted molar refractivity (Wildman–Crippen MR) is 89.2 cm³/mol. The van der Waals surface area contributed by atoms with Crippen LogP contribution >= 0.6 is 0 Å².